The lowest BCUT2D eigenvalue weighted by Crippen LogP contribution is -2.16. The van der Waals surface area contributed by atoms with Crippen LogP contribution in [0.1, 0.15) is 72.6 Å². The van der Waals surface area contributed by atoms with Crippen molar-refractivity contribution in [1.29, 1.82) is 0 Å². The van der Waals surface area contributed by atoms with Crippen LogP contribution in [0.2, 0.25) is 0 Å². The van der Waals surface area contributed by atoms with Gasteiger partial charge in [0.15, 0.2) is 0 Å². The molecule has 0 aliphatic heterocycles. The first-order valence-corrected chi connectivity index (χ1v) is 7.60. The Hall–Kier alpha value is -0.810. The van der Waals surface area contributed by atoms with Gasteiger partial charge in [0.25, 0.3) is 0 Å². The average Bonchev–Trinajstić information content (AvgIpc) is 2.42. The Bertz CT molecular complexity index is 230. The number of hydrogen-bond donors (Lipinski definition) is 1. The first kappa shape index (κ1) is 20.5. The number of carbonyl (C=O) groups excluding carboxylic acids is 1. The summed E-state index contributed by atoms with van der Waals surface area (Å²) in [6, 6.07) is 0. The molecule has 0 aromatic heterocycles. The summed E-state index contributed by atoms with van der Waals surface area (Å²) in [5.41, 5.74) is 0. The zero-order valence-electron chi connectivity index (χ0n) is 13.2. The van der Waals surface area contributed by atoms with Gasteiger partial charge in [-0.05, 0) is 18.8 Å². The molecule has 1 N–H and O–H groups in total. The van der Waals surface area contributed by atoms with Crippen LogP contribution in [0.3, 0.4) is 0 Å². The van der Waals surface area contributed by atoms with E-state index in [0.717, 1.165) is 19.1 Å². The summed E-state index contributed by atoms with van der Waals surface area (Å²) in [5, 5.41) is 9.40. The van der Waals surface area contributed by atoms with Crippen LogP contribution in [0.4, 0.5) is 0 Å². The maximum absolute atomic E-state index is 10.0. The van der Waals surface area contributed by atoms with Gasteiger partial charge < -0.3 is 9.90 Å². The molecule has 3 unspecified atom stereocenters. The maximum Gasteiger partial charge on any atom is 0.122 e. The third-order valence-corrected chi connectivity index (χ3v) is 3.24. The monoisotopic (exact) mass is 268 g/mol. The van der Waals surface area contributed by atoms with Crippen LogP contribution >= 0.6 is 0 Å². The van der Waals surface area contributed by atoms with Gasteiger partial charge in [-0.25, -0.2) is 0 Å². The smallest absolute Gasteiger partial charge is 0.122 e. The lowest BCUT2D eigenvalue weighted by atomic mass is 9.96. The highest BCUT2D eigenvalue weighted by Gasteiger charge is 2.11. The van der Waals surface area contributed by atoms with Gasteiger partial charge in [-0.3, -0.25) is 0 Å². The van der Waals surface area contributed by atoms with E-state index in [9.17, 15) is 9.90 Å². The number of carbonyl (C=O) groups is 1. The third-order valence-electron chi connectivity index (χ3n) is 3.24. The number of hydrogen-bond acceptors (Lipinski definition) is 2. The molecule has 0 spiro atoms. The largest absolute Gasteiger partial charge is 0.392 e. The van der Waals surface area contributed by atoms with E-state index in [1.165, 1.54) is 25.7 Å². The van der Waals surface area contributed by atoms with Crippen molar-refractivity contribution in [2.24, 2.45) is 11.8 Å². The second-order valence-corrected chi connectivity index (χ2v) is 5.35. The van der Waals surface area contributed by atoms with Crippen LogP contribution in [0, 0.1) is 24.2 Å². The van der Waals surface area contributed by atoms with E-state index in [4.69, 9.17) is 6.42 Å². The minimum absolute atomic E-state index is 0.273. The zero-order valence-corrected chi connectivity index (χ0v) is 13.2. The second kappa shape index (κ2) is 15.2. The van der Waals surface area contributed by atoms with Gasteiger partial charge in [0, 0.05) is 12.3 Å². The zero-order chi connectivity index (χ0) is 15.1. The molecule has 19 heavy (non-hydrogen) atoms. The number of aldehydes is 1. The summed E-state index contributed by atoms with van der Waals surface area (Å²) < 4.78 is 0. The Kier molecular flexibility index (Phi) is 16.5. The van der Waals surface area contributed by atoms with Crippen molar-refractivity contribution >= 4 is 6.29 Å². The van der Waals surface area contributed by atoms with Crippen LogP contribution in [-0.2, 0) is 4.79 Å². The Morgan fingerprint density at radius 3 is 2.11 bits per heavy atom. The van der Waals surface area contributed by atoms with E-state index in [1.54, 1.807) is 0 Å². The normalized spacial score (nSPS) is 14.5. The van der Waals surface area contributed by atoms with E-state index in [1.807, 2.05) is 6.92 Å². The van der Waals surface area contributed by atoms with Crippen molar-refractivity contribution in [3.8, 4) is 12.3 Å². The lowest BCUT2D eigenvalue weighted by Gasteiger charge is -2.15. The molecule has 2 heteroatoms. The summed E-state index contributed by atoms with van der Waals surface area (Å²) in [4.78, 5) is 10.0. The van der Waals surface area contributed by atoms with E-state index in [0.29, 0.717) is 12.3 Å². The summed E-state index contributed by atoms with van der Waals surface area (Å²) in [6.45, 7) is 8.30. The van der Waals surface area contributed by atoms with Gasteiger partial charge in [0.2, 0.25) is 0 Å². The van der Waals surface area contributed by atoms with E-state index >= 15 is 0 Å². The molecule has 0 fully saturated rings. The van der Waals surface area contributed by atoms with Crippen molar-refractivity contribution in [3.63, 3.8) is 0 Å². The Labute approximate surface area is 120 Å². The summed E-state index contributed by atoms with van der Waals surface area (Å²) in [7, 11) is 0. The number of unbranched alkanes of at least 4 members (excludes halogenated alkanes) is 2. The number of terminal acetylenes is 1. The van der Waals surface area contributed by atoms with Gasteiger partial charge >= 0.3 is 0 Å². The highest BCUT2D eigenvalue weighted by atomic mass is 16.3. The van der Waals surface area contributed by atoms with Crippen molar-refractivity contribution in [2.45, 2.75) is 78.7 Å². The fourth-order valence-electron chi connectivity index (χ4n) is 1.63. The van der Waals surface area contributed by atoms with Crippen LogP contribution < -0.4 is 0 Å². The van der Waals surface area contributed by atoms with Crippen molar-refractivity contribution in [3.05, 3.63) is 0 Å². The summed E-state index contributed by atoms with van der Waals surface area (Å²) >= 11 is 0. The van der Waals surface area contributed by atoms with Crippen LogP contribution in [0.5, 0.6) is 0 Å². The van der Waals surface area contributed by atoms with Gasteiger partial charge in [0.1, 0.15) is 6.29 Å². The molecule has 0 saturated carbocycles. The minimum Gasteiger partial charge on any atom is -0.392 e. The van der Waals surface area contributed by atoms with Crippen molar-refractivity contribution < 1.29 is 9.90 Å². The molecule has 0 radical (unpaired) electrons. The second-order valence-electron chi connectivity index (χ2n) is 5.35. The Morgan fingerprint density at radius 1 is 1.16 bits per heavy atom. The molecule has 0 aromatic rings. The topological polar surface area (TPSA) is 37.3 Å². The van der Waals surface area contributed by atoms with Crippen molar-refractivity contribution in [2.75, 3.05) is 0 Å². The number of aliphatic hydroxyl groups excluding tert-OH is 1. The predicted molar refractivity (Wildman–Crippen MR) is 82.9 cm³/mol. The first-order chi connectivity index (χ1) is 9.03. The van der Waals surface area contributed by atoms with Crippen molar-refractivity contribution in [1.82, 2.24) is 0 Å². The highest BCUT2D eigenvalue weighted by Crippen LogP contribution is 2.13. The third kappa shape index (κ3) is 15.1. The average molecular weight is 268 g/mol. The van der Waals surface area contributed by atoms with E-state index in [-0.39, 0.29) is 12.0 Å². The number of rotatable bonds is 9. The molecule has 0 rings (SSSR count). The molecule has 0 amide bonds. The quantitative estimate of drug-likeness (QED) is 0.502. The fraction of sp³-hybridized carbons (Fsp3) is 0.824. The molecular weight excluding hydrogens is 236 g/mol. The van der Waals surface area contributed by atoms with E-state index in [2.05, 4.69) is 26.7 Å². The molecule has 0 saturated heterocycles. The Balaban J connectivity index is 0. The van der Waals surface area contributed by atoms with Gasteiger partial charge in [-0.2, -0.15) is 0 Å². The SMILES string of the molecule is C#CCC(O)C(C)CCCC.CCCCC(C)C=O. The summed E-state index contributed by atoms with van der Waals surface area (Å²) in [5.74, 6) is 3.10. The number of aliphatic hydroxyl groups is 1. The molecule has 0 heterocycles. The van der Waals surface area contributed by atoms with E-state index < -0.39 is 0 Å². The molecule has 0 aliphatic carbocycles. The van der Waals surface area contributed by atoms with Gasteiger partial charge in [0.05, 0.1) is 6.10 Å². The fourth-order valence-corrected chi connectivity index (χ4v) is 1.63. The molecular formula is C17H32O2. The molecule has 0 aliphatic rings. The molecule has 112 valence electrons. The molecule has 0 bridgehead atoms. The van der Waals surface area contributed by atoms with Gasteiger partial charge in [-0.15, -0.1) is 12.3 Å². The Morgan fingerprint density at radius 2 is 1.68 bits per heavy atom. The molecule has 0 aromatic carbocycles. The standard InChI is InChI=1S/C10H18O.C7H14O/c1-4-6-8-9(3)10(11)7-5-2;1-3-4-5-7(2)6-8/h2,9-11H,4,6-8H2,1,3H3;6-7H,3-5H2,1-2H3. The van der Waals surface area contributed by atoms with Crippen LogP contribution in [-0.4, -0.2) is 17.5 Å². The van der Waals surface area contributed by atoms with Crippen LogP contribution in [0.25, 0.3) is 0 Å². The lowest BCUT2D eigenvalue weighted by molar-refractivity contribution is -0.110. The molecule has 3 atom stereocenters. The maximum atomic E-state index is 10.0. The van der Waals surface area contributed by atoms with Crippen LogP contribution in [0.15, 0.2) is 0 Å². The predicted octanol–water partition coefficient (Wildman–Crippen LogP) is 4.21. The highest BCUT2D eigenvalue weighted by molar-refractivity contribution is 5.52. The molecule has 2 nitrogen and oxygen atoms in total. The van der Waals surface area contributed by atoms with Gasteiger partial charge in [-0.1, -0.05) is 53.4 Å². The minimum atomic E-state index is -0.299. The summed E-state index contributed by atoms with van der Waals surface area (Å²) in [6.07, 6.45) is 13.2. The first-order valence-electron chi connectivity index (χ1n) is 7.60.